The Morgan fingerprint density at radius 2 is 1.65 bits per heavy atom. The third-order valence-corrected chi connectivity index (χ3v) is 5.72. The van der Waals surface area contributed by atoms with Crippen LogP contribution in [-0.4, -0.2) is 49.6 Å². The molecular weight excluding hydrogens is 322 g/mol. The number of hydrogen-bond acceptors (Lipinski definition) is 3. The summed E-state index contributed by atoms with van der Waals surface area (Å²) in [4.78, 5) is 19.6. The summed E-state index contributed by atoms with van der Waals surface area (Å²) in [6.45, 7) is 6.14. The molecule has 0 aliphatic carbocycles. The van der Waals surface area contributed by atoms with E-state index in [4.69, 9.17) is 0 Å². The molecule has 0 saturated carbocycles. The van der Waals surface area contributed by atoms with Gasteiger partial charge in [-0.3, -0.25) is 4.79 Å². The number of aryl methyl sites for hydroxylation is 1. The molecule has 1 atom stereocenters. The highest BCUT2D eigenvalue weighted by Crippen LogP contribution is 2.30. The summed E-state index contributed by atoms with van der Waals surface area (Å²) in [5.41, 5.74) is 3.85. The van der Waals surface area contributed by atoms with Crippen LogP contribution in [0.25, 0.3) is 0 Å². The molecule has 0 unspecified atom stereocenters. The number of fused-ring (bicyclic) bond motifs is 1. The Morgan fingerprint density at radius 3 is 2.42 bits per heavy atom. The zero-order valence-electron chi connectivity index (χ0n) is 15.5. The number of piperazine rings is 1. The molecule has 2 aromatic rings. The molecule has 2 heterocycles. The first-order valence-electron chi connectivity index (χ1n) is 9.65. The van der Waals surface area contributed by atoms with Crippen LogP contribution in [0.4, 0.5) is 11.4 Å². The van der Waals surface area contributed by atoms with Crippen molar-refractivity contribution in [3.63, 3.8) is 0 Å². The lowest BCUT2D eigenvalue weighted by molar-refractivity contribution is -0.130. The molecule has 0 aromatic heterocycles. The summed E-state index contributed by atoms with van der Waals surface area (Å²) in [5, 5.41) is 0. The van der Waals surface area contributed by atoms with Crippen molar-refractivity contribution in [1.82, 2.24) is 4.90 Å². The number of benzene rings is 2. The number of carbonyl (C=O) groups is 1. The van der Waals surface area contributed by atoms with Crippen molar-refractivity contribution in [1.29, 1.82) is 0 Å². The number of anilines is 2. The van der Waals surface area contributed by atoms with Crippen LogP contribution in [0, 0.1) is 0 Å². The van der Waals surface area contributed by atoms with E-state index in [9.17, 15) is 4.79 Å². The van der Waals surface area contributed by atoms with E-state index in [2.05, 4.69) is 65.3 Å². The molecule has 136 valence electrons. The lowest BCUT2D eigenvalue weighted by atomic mass is 9.96. The van der Waals surface area contributed by atoms with E-state index in [-0.39, 0.29) is 5.91 Å². The smallest absolute Gasteiger partial charge is 0.242 e. The average molecular weight is 349 g/mol. The molecule has 1 saturated heterocycles. The third kappa shape index (κ3) is 3.41. The maximum atomic E-state index is 12.9. The van der Waals surface area contributed by atoms with Gasteiger partial charge in [-0.1, -0.05) is 36.4 Å². The molecule has 26 heavy (non-hydrogen) atoms. The summed E-state index contributed by atoms with van der Waals surface area (Å²) in [6, 6.07) is 19.4. The van der Waals surface area contributed by atoms with Crippen LogP contribution >= 0.6 is 0 Å². The molecule has 0 radical (unpaired) electrons. The van der Waals surface area contributed by atoms with Crippen molar-refractivity contribution >= 4 is 17.3 Å². The molecule has 4 rings (SSSR count). The molecule has 1 amide bonds. The minimum atomic E-state index is 0.251. The lowest BCUT2D eigenvalue weighted by Gasteiger charge is -2.40. The predicted octanol–water partition coefficient (Wildman–Crippen LogP) is 3.18. The first-order valence-corrected chi connectivity index (χ1v) is 9.65. The van der Waals surface area contributed by atoms with Crippen LogP contribution < -0.4 is 9.80 Å². The fourth-order valence-corrected chi connectivity index (χ4v) is 4.10. The van der Waals surface area contributed by atoms with E-state index in [0.717, 1.165) is 39.0 Å². The number of amides is 1. The van der Waals surface area contributed by atoms with E-state index >= 15 is 0 Å². The van der Waals surface area contributed by atoms with Crippen LogP contribution in [0.1, 0.15) is 18.9 Å². The summed E-state index contributed by atoms with van der Waals surface area (Å²) in [7, 11) is 0. The average Bonchev–Trinajstić information content (AvgIpc) is 2.71. The van der Waals surface area contributed by atoms with Crippen molar-refractivity contribution < 1.29 is 4.79 Å². The number of para-hydroxylation sites is 2. The van der Waals surface area contributed by atoms with Gasteiger partial charge in [0.05, 0.1) is 6.54 Å². The molecular formula is C22H27N3O. The van der Waals surface area contributed by atoms with Crippen LogP contribution in [0.15, 0.2) is 54.6 Å². The minimum Gasteiger partial charge on any atom is -0.368 e. The van der Waals surface area contributed by atoms with Crippen LogP contribution in [0.5, 0.6) is 0 Å². The molecule has 4 nitrogen and oxygen atoms in total. The first kappa shape index (κ1) is 17.0. The number of rotatable bonds is 3. The highest BCUT2D eigenvalue weighted by Gasteiger charge is 2.28. The highest BCUT2D eigenvalue weighted by molar-refractivity contribution is 5.82. The van der Waals surface area contributed by atoms with Gasteiger partial charge in [-0.25, -0.2) is 0 Å². The Kier molecular flexibility index (Phi) is 4.83. The maximum Gasteiger partial charge on any atom is 0.242 e. The van der Waals surface area contributed by atoms with E-state index in [1.165, 1.54) is 16.9 Å². The van der Waals surface area contributed by atoms with Crippen LogP contribution in [0.2, 0.25) is 0 Å². The minimum absolute atomic E-state index is 0.251. The molecule has 0 N–H and O–H groups in total. The van der Waals surface area contributed by atoms with Crippen molar-refractivity contribution in [3.05, 3.63) is 60.2 Å². The zero-order chi connectivity index (χ0) is 17.9. The van der Waals surface area contributed by atoms with Crippen molar-refractivity contribution in [2.24, 2.45) is 0 Å². The Morgan fingerprint density at radius 1 is 0.962 bits per heavy atom. The second-order valence-electron chi connectivity index (χ2n) is 7.35. The second kappa shape index (κ2) is 7.40. The zero-order valence-corrected chi connectivity index (χ0v) is 15.5. The van der Waals surface area contributed by atoms with Crippen LogP contribution in [-0.2, 0) is 11.2 Å². The number of carbonyl (C=O) groups excluding carboxylic acids is 1. The van der Waals surface area contributed by atoms with Gasteiger partial charge in [-0.05, 0) is 43.5 Å². The Hall–Kier alpha value is -2.49. The SMILES string of the molecule is C[C@H]1CCc2ccccc2N1CC(=O)N1CCN(c2ccccc2)CC1. The Labute approximate surface area is 156 Å². The van der Waals surface area contributed by atoms with Crippen molar-refractivity contribution in [3.8, 4) is 0 Å². The predicted molar refractivity (Wildman–Crippen MR) is 107 cm³/mol. The second-order valence-corrected chi connectivity index (χ2v) is 7.35. The fraction of sp³-hybridized carbons (Fsp3) is 0.409. The van der Waals surface area contributed by atoms with E-state index in [1.807, 2.05) is 11.0 Å². The van der Waals surface area contributed by atoms with Crippen LogP contribution in [0.3, 0.4) is 0 Å². The summed E-state index contributed by atoms with van der Waals surface area (Å²) < 4.78 is 0. The van der Waals surface area contributed by atoms with E-state index < -0.39 is 0 Å². The molecule has 1 fully saturated rings. The van der Waals surface area contributed by atoms with Gasteiger partial charge in [0.1, 0.15) is 0 Å². The van der Waals surface area contributed by atoms with E-state index in [1.54, 1.807) is 0 Å². The summed E-state index contributed by atoms with van der Waals surface area (Å²) in [6.07, 6.45) is 2.23. The quantitative estimate of drug-likeness (QED) is 0.852. The maximum absolute atomic E-state index is 12.9. The fourth-order valence-electron chi connectivity index (χ4n) is 4.10. The number of hydrogen-bond donors (Lipinski definition) is 0. The molecule has 4 heteroatoms. The molecule has 2 aliphatic rings. The number of nitrogens with zero attached hydrogens (tertiary/aromatic N) is 3. The topological polar surface area (TPSA) is 26.8 Å². The highest BCUT2D eigenvalue weighted by atomic mass is 16.2. The molecule has 2 aliphatic heterocycles. The third-order valence-electron chi connectivity index (χ3n) is 5.72. The molecule has 2 aromatic carbocycles. The monoisotopic (exact) mass is 349 g/mol. The lowest BCUT2D eigenvalue weighted by Crippen LogP contribution is -2.52. The first-order chi connectivity index (χ1) is 12.7. The standard InChI is InChI=1S/C22H27N3O/c1-18-11-12-19-7-5-6-10-21(19)25(18)17-22(26)24-15-13-23(14-16-24)20-8-3-2-4-9-20/h2-10,18H,11-17H2,1H3/t18-/m0/s1. The van der Waals surface area contributed by atoms with Gasteiger partial charge < -0.3 is 14.7 Å². The van der Waals surface area contributed by atoms with E-state index in [0.29, 0.717) is 12.6 Å². The van der Waals surface area contributed by atoms with Gasteiger partial charge in [0.15, 0.2) is 0 Å². The van der Waals surface area contributed by atoms with Gasteiger partial charge >= 0.3 is 0 Å². The van der Waals surface area contributed by atoms with Gasteiger partial charge in [0.25, 0.3) is 0 Å². The van der Waals surface area contributed by atoms with Crippen molar-refractivity contribution in [2.45, 2.75) is 25.8 Å². The molecule has 0 spiro atoms. The summed E-state index contributed by atoms with van der Waals surface area (Å²) >= 11 is 0. The van der Waals surface area contributed by atoms with Crippen molar-refractivity contribution in [2.75, 3.05) is 42.5 Å². The normalized spacial score (nSPS) is 20.0. The van der Waals surface area contributed by atoms with Gasteiger partial charge in [0, 0.05) is 43.6 Å². The Bertz CT molecular complexity index is 753. The van der Waals surface area contributed by atoms with Gasteiger partial charge in [-0.15, -0.1) is 0 Å². The molecule has 0 bridgehead atoms. The summed E-state index contributed by atoms with van der Waals surface area (Å²) in [5.74, 6) is 0.251. The van der Waals surface area contributed by atoms with Gasteiger partial charge in [0.2, 0.25) is 5.91 Å². The Balaban J connectivity index is 1.39. The van der Waals surface area contributed by atoms with Gasteiger partial charge in [-0.2, -0.15) is 0 Å². The largest absolute Gasteiger partial charge is 0.368 e.